The molecule has 98 valence electrons. The van der Waals surface area contributed by atoms with Crippen LogP contribution in [-0.2, 0) is 0 Å². The SMILES string of the molecule is O=C1c2ccccc2C(=O)N1c1ccc([N+](=O)[O-])cn1. The zero-order valence-corrected chi connectivity index (χ0v) is 10.0. The number of nitro groups is 1. The molecule has 0 saturated heterocycles. The summed E-state index contributed by atoms with van der Waals surface area (Å²) < 4.78 is 0. The number of imide groups is 1. The van der Waals surface area contributed by atoms with Crippen LogP contribution in [0.25, 0.3) is 0 Å². The van der Waals surface area contributed by atoms with E-state index in [2.05, 4.69) is 4.98 Å². The minimum atomic E-state index is -0.598. The summed E-state index contributed by atoms with van der Waals surface area (Å²) >= 11 is 0. The van der Waals surface area contributed by atoms with Crippen molar-refractivity contribution >= 4 is 23.3 Å². The summed E-state index contributed by atoms with van der Waals surface area (Å²) in [5, 5.41) is 10.6. The van der Waals surface area contributed by atoms with E-state index in [1.54, 1.807) is 24.3 Å². The lowest BCUT2D eigenvalue weighted by Gasteiger charge is -2.11. The van der Waals surface area contributed by atoms with Gasteiger partial charge in [0.25, 0.3) is 17.5 Å². The van der Waals surface area contributed by atoms with Crippen molar-refractivity contribution in [2.75, 3.05) is 4.90 Å². The molecule has 7 heteroatoms. The van der Waals surface area contributed by atoms with Gasteiger partial charge in [0.15, 0.2) is 0 Å². The van der Waals surface area contributed by atoms with E-state index in [0.29, 0.717) is 11.1 Å². The highest BCUT2D eigenvalue weighted by Gasteiger charge is 2.37. The average Bonchev–Trinajstić information content (AvgIpc) is 2.72. The van der Waals surface area contributed by atoms with Gasteiger partial charge in [0.05, 0.1) is 16.1 Å². The Morgan fingerprint density at radius 2 is 1.60 bits per heavy atom. The first-order valence-electron chi connectivity index (χ1n) is 5.68. The molecule has 0 unspecified atom stereocenters. The highest BCUT2D eigenvalue weighted by molar-refractivity contribution is 6.34. The van der Waals surface area contributed by atoms with Gasteiger partial charge in [-0.3, -0.25) is 19.7 Å². The fraction of sp³-hybridized carbons (Fsp3) is 0. The van der Waals surface area contributed by atoms with E-state index in [1.165, 1.54) is 12.1 Å². The van der Waals surface area contributed by atoms with Crippen molar-refractivity contribution in [3.05, 3.63) is 63.8 Å². The standard InChI is InChI=1S/C13H7N3O4/c17-12-9-3-1-2-4-10(9)13(18)15(12)11-6-5-8(7-14-11)16(19)20/h1-7H. The number of benzene rings is 1. The van der Waals surface area contributed by atoms with Gasteiger partial charge in [-0.15, -0.1) is 0 Å². The quantitative estimate of drug-likeness (QED) is 0.470. The van der Waals surface area contributed by atoms with Crippen LogP contribution in [0.3, 0.4) is 0 Å². The summed E-state index contributed by atoms with van der Waals surface area (Å²) in [4.78, 5) is 39.0. The molecule has 1 aromatic carbocycles. The molecule has 2 heterocycles. The number of rotatable bonds is 2. The molecule has 0 fully saturated rings. The van der Waals surface area contributed by atoms with Gasteiger partial charge in [0.2, 0.25) is 0 Å². The maximum Gasteiger partial charge on any atom is 0.287 e. The molecule has 0 bridgehead atoms. The Morgan fingerprint density at radius 3 is 2.05 bits per heavy atom. The van der Waals surface area contributed by atoms with Gasteiger partial charge < -0.3 is 0 Å². The molecule has 2 aromatic rings. The number of carbonyl (C=O) groups is 2. The van der Waals surface area contributed by atoms with Crippen LogP contribution in [0, 0.1) is 10.1 Å². The van der Waals surface area contributed by atoms with E-state index in [9.17, 15) is 19.7 Å². The highest BCUT2D eigenvalue weighted by atomic mass is 16.6. The number of pyridine rings is 1. The van der Waals surface area contributed by atoms with Gasteiger partial charge in [-0.25, -0.2) is 9.88 Å². The topological polar surface area (TPSA) is 93.4 Å². The molecule has 1 aliphatic heterocycles. The maximum atomic E-state index is 12.2. The van der Waals surface area contributed by atoms with Crippen LogP contribution in [0.15, 0.2) is 42.6 Å². The third-order valence-electron chi connectivity index (χ3n) is 2.97. The molecule has 1 aromatic heterocycles. The number of nitrogens with zero attached hydrogens (tertiary/aromatic N) is 3. The molecular formula is C13H7N3O4. The Kier molecular flexibility index (Phi) is 2.53. The van der Waals surface area contributed by atoms with E-state index < -0.39 is 16.7 Å². The summed E-state index contributed by atoms with van der Waals surface area (Å²) in [6.45, 7) is 0. The number of aromatic nitrogens is 1. The van der Waals surface area contributed by atoms with Gasteiger partial charge in [-0.1, -0.05) is 12.1 Å². The lowest BCUT2D eigenvalue weighted by Crippen LogP contribution is -2.30. The summed E-state index contributed by atoms with van der Waals surface area (Å²) in [6.07, 6.45) is 1.01. The van der Waals surface area contributed by atoms with Crippen LogP contribution in [0.4, 0.5) is 11.5 Å². The van der Waals surface area contributed by atoms with Crippen molar-refractivity contribution in [1.82, 2.24) is 4.98 Å². The first kappa shape index (κ1) is 12.0. The summed E-state index contributed by atoms with van der Waals surface area (Å²) in [7, 11) is 0. The Labute approximate surface area is 112 Å². The number of hydrogen-bond acceptors (Lipinski definition) is 5. The average molecular weight is 269 g/mol. The minimum absolute atomic E-state index is 0.0711. The van der Waals surface area contributed by atoms with Crippen molar-refractivity contribution in [3.63, 3.8) is 0 Å². The first-order valence-corrected chi connectivity index (χ1v) is 5.68. The highest BCUT2D eigenvalue weighted by Crippen LogP contribution is 2.27. The largest absolute Gasteiger partial charge is 0.287 e. The molecule has 0 atom stereocenters. The van der Waals surface area contributed by atoms with Crippen LogP contribution >= 0.6 is 0 Å². The maximum absolute atomic E-state index is 12.2. The van der Waals surface area contributed by atoms with Gasteiger partial charge in [0, 0.05) is 6.07 Å². The number of amides is 2. The fourth-order valence-corrected chi connectivity index (χ4v) is 2.02. The second kappa shape index (κ2) is 4.23. The monoisotopic (exact) mass is 269 g/mol. The van der Waals surface area contributed by atoms with Crippen LogP contribution in [0.1, 0.15) is 20.7 Å². The van der Waals surface area contributed by atoms with Crippen molar-refractivity contribution in [1.29, 1.82) is 0 Å². The second-order valence-electron chi connectivity index (χ2n) is 4.12. The van der Waals surface area contributed by atoms with Gasteiger partial charge in [-0.05, 0) is 18.2 Å². The summed E-state index contributed by atoms with van der Waals surface area (Å²) in [5.74, 6) is -0.888. The van der Waals surface area contributed by atoms with Crippen molar-refractivity contribution in [3.8, 4) is 0 Å². The lowest BCUT2D eigenvalue weighted by atomic mass is 10.1. The van der Waals surface area contributed by atoms with E-state index in [0.717, 1.165) is 11.1 Å². The third kappa shape index (κ3) is 1.64. The van der Waals surface area contributed by atoms with Crippen molar-refractivity contribution < 1.29 is 14.5 Å². The normalized spacial score (nSPS) is 13.5. The number of carbonyl (C=O) groups excluding carboxylic acids is 2. The second-order valence-corrected chi connectivity index (χ2v) is 4.12. The van der Waals surface area contributed by atoms with Crippen LogP contribution in [0.2, 0.25) is 0 Å². The molecule has 0 saturated carbocycles. The Morgan fingerprint density at radius 1 is 1.00 bits per heavy atom. The predicted octanol–water partition coefficient (Wildman–Crippen LogP) is 1.79. The molecule has 2 amide bonds. The lowest BCUT2D eigenvalue weighted by molar-refractivity contribution is -0.385. The molecule has 1 aliphatic rings. The van der Waals surface area contributed by atoms with Crippen molar-refractivity contribution in [2.45, 2.75) is 0 Å². The van der Waals surface area contributed by atoms with Gasteiger partial charge >= 0.3 is 0 Å². The molecule has 7 nitrogen and oxygen atoms in total. The van der Waals surface area contributed by atoms with E-state index in [-0.39, 0.29) is 11.5 Å². The predicted molar refractivity (Wildman–Crippen MR) is 68.5 cm³/mol. The zero-order chi connectivity index (χ0) is 14.3. The number of anilines is 1. The molecular weight excluding hydrogens is 262 g/mol. The molecule has 0 spiro atoms. The summed E-state index contributed by atoms with van der Waals surface area (Å²) in [5.41, 5.74) is 0.403. The van der Waals surface area contributed by atoms with E-state index in [1.807, 2.05) is 0 Å². The van der Waals surface area contributed by atoms with Crippen LogP contribution < -0.4 is 4.90 Å². The van der Waals surface area contributed by atoms with Crippen molar-refractivity contribution in [2.24, 2.45) is 0 Å². The van der Waals surface area contributed by atoms with Gasteiger partial charge in [-0.2, -0.15) is 0 Å². The van der Waals surface area contributed by atoms with Crippen LogP contribution in [-0.4, -0.2) is 21.7 Å². The fourth-order valence-electron chi connectivity index (χ4n) is 2.02. The minimum Gasteiger partial charge on any atom is -0.268 e. The zero-order valence-electron chi connectivity index (χ0n) is 10.0. The first-order chi connectivity index (χ1) is 9.59. The molecule has 3 rings (SSSR count). The summed E-state index contributed by atoms with van der Waals surface area (Å²) in [6, 6.07) is 8.92. The molecule has 0 radical (unpaired) electrons. The molecule has 0 N–H and O–H groups in total. The number of fused-ring (bicyclic) bond motifs is 1. The molecule has 20 heavy (non-hydrogen) atoms. The van der Waals surface area contributed by atoms with Crippen LogP contribution in [0.5, 0.6) is 0 Å². The Balaban J connectivity index is 2.02. The van der Waals surface area contributed by atoms with Gasteiger partial charge in [0.1, 0.15) is 12.0 Å². The smallest absolute Gasteiger partial charge is 0.268 e. The Bertz CT molecular complexity index is 705. The number of hydrogen-bond donors (Lipinski definition) is 0. The molecule has 0 aliphatic carbocycles. The van der Waals surface area contributed by atoms with E-state index in [4.69, 9.17) is 0 Å². The Hall–Kier alpha value is -3.09. The third-order valence-corrected chi connectivity index (χ3v) is 2.97. The van der Waals surface area contributed by atoms with E-state index >= 15 is 0 Å².